The number of rotatable bonds is 7. The van der Waals surface area contributed by atoms with Crippen molar-refractivity contribution in [1.82, 2.24) is 15.3 Å². The maximum atomic E-state index is 12.0. The van der Waals surface area contributed by atoms with Gasteiger partial charge in [-0.1, -0.05) is 49.7 Å². The molecule has 0 aliphatic carbocycles. The summed E-state index contributed by atoms with van der Waals surface area (Å²) in [6.45, 7) is 2.77. The molecule has 0 aliphatic heterocycles. The molecule has 0 bridgehead atoms. The van der Waals surface area contributed by atoms with Gasteiger partial charge in [0.25, 0.3) is 0 Å². The van der Waals surface area contributed by atoms with Crippen molar-refractivity contribution in [1.29, 1.82) is 0 Å². The zero-order chi connectivity index (χ0) is 17.5. The Balaban J connectivity index is 1.53. The minimum atomic E-state index is -0.249. The van der Waals surface area contributed by atoms with Crippen LogP contribution >= 0.6 is 0 Å². The van der Waals surface area contributed by atoms with E-state index in [1.165, 1.54) is 24.0 Å². The van der Waals surface area contributed by atoms with Crippen molar-refractivity contribution in [3.63, 3.8) is 0 Å². The fourth-order valence-electron chi connectivity index (χ4n) is 2.77. The van der Waals surface area contributed by atoms with E-state index in [1.807, 2.05) is 24.3 Å². The number of carbonyl (C=O) groups excluding carboxylic acids is 1. The van der Waals surface area contributed by atoms with E-state index in [1.54, 1.807) is 0 Å². The SMILES string of the molecule is CCCCc1ccc2nc(NC(=O)NCCc3ccccc3)[nH]c2c1. The number of urea groups is 1. The summed E-state index contributed by atoms with van der Waals surface area (Å²) < 4.78 is 0. The molecular formula is C20H24N4O. The Labute approximate surface area is 147 Å². The summed E-state index contributed by atoms with van der Waals surface area (Å²) in [5, 5.41) is 5.62. The van der Waals surface area contributed by atoms with Gasteiger partial charge in [-0.15, -0.1) is 0 Å². The van der Waals surface area contributed by atoms with Crippen LogP contribution in [-0.4, -0.2) is 22.5 Å². The second kappa shape index (κ2) is 8.33. The van der Waals surface area contributed by atoms with Crippen molar-refractivity contribution in [2.45, 2.75) is 32.6 Å². The molecule has 3 rings (SSSR count). The lowest BCUT2D eigenvalue weighted by atomic mass is 10.1. The molecule has 0 unspecified atom stereocenters. The Hall–Kier alpha value is -2.82. The first kappa shape index (κ1) is 17.0. The van der Waals surface area contributed by atoms with Gasteiger partial charge in [-0.05, 0) is 42.5 Å². The monoisotopic (exact) mass is 336 g/mol. The molecule has 0 fully saturated rings. The quantitative estimate of drug-likeness (QED) is 0.603. The number of nitrogens with zero attached hydrogens (tertiary/aromatic N) is 1. The first-order chi connectivity index (χ1) is 12.2. The number of fused-ring (bicyclic) bond motifs is 1. The number of benzene rings is 2. The second-order valence-electron chi connectivity index (χ2n) is 6.16. The molecule has 2 amide bonds. The molecule has 0 saturated carbocycles. The number of nitrogens with one attached hydrogen (secondary N) is 3. The van der Waals surface area contributed by atoms with Crippen LogP contribution in [0.15, 0.2) is 48.5 Å². The molecule has 5 nitrogen and oxygen atoms in total. The zero-order valence-corrected chi connectivity index (χ0v) is 14.5. The van der Waals surface area contributed by atoms with Crippen LogP contribution in [0.3, 0.4) is 0 Å². The Kier molecular flexibility index (Phi) is 5.67. The van der Waals surface area contributed by atoms with E-state index in [4.69, 9.17) is 0 Å². The minimum Gasteiger partial charge on any atom is -0.337 e. The van der Waals surface area contributed by atoms with Crippen LogP contribution in [0.4, 0.5) is 10.7 Å². The van der Waals surface area contributed by atoms with E-state index >= 15 is 0 Å². The third kappa shape index (κ3) is 4.83. The van der Waals surface area contributed by atoms with E-state index < -0.39 is 0 Å². The molecule has 1 heterocycles. The molecule has 1 aromatic heterocycles. The van der Waals surface area contributed by atoms with Crippen molar-refractivity contribution in [3.8, 4) is 0 Å². The highest BCUT2D eigenvalue weighted by atomic mass is 16.2. The number of imidazole rings is 1. The van der Waals surface area contributed by atoms with Crippen LogP contribution in [0.5, 0.6) is 0 Å². The van der Waals surface area contributed by atoms with Crippen molar-refractivity contribution in [2.24, 2.45) is 0 Å². The van der Waals surface area contributed by atoms with Crippen LogP contribution in [0, 0.1) is 0 Å². The number of amides is 2. The van der Waals surface area contributed by atoms with E-state index in [2.05, 4.69) is 51.8 Å². The Bertz CT molecular complexity index is 826. The van der Waals surface area contributed by atoms with Crippen molar-refractivity contribution in [3.05, 3.63) is 59.7 Å². The number of aromatic nitrogens is 2. The number of H-pyrrole nitrogens is 1. The van der Waals surface area contributed by atoms with E-state index in [0.29, 0.717) is 12.5 Å². The second-order valence-corrected chi connectivity index (χ2v) is 6.16. The lowest BCUT2D eigenvalue weighted by Gasteiger charge is -2.05. The van der Waals surface area contributed by atoms with Crippen molar-refractivity contribution in [2.75, 3.05) is 11.9 Å². The molecule has 0 saturated heterocycles. The number of anilines is 1. The molecule has 0 atom stereocenters. The Morgan fingerprint density at radius 2 is 1.92 bits per heavy atom. The van der Waals surface area contributed by atoms with Gasteiger partial charge in [-0.3, -0.25) is 5.32 Å². The summed E-state index contributed by atoms with van der Waals surface area (Å²) in [5.41, 5.74) is 4.30. The summed E-state index contributed by atoms with van der Waals surface area (Å²) >= 11 is 0. The first-order valence-corrected chi connectivity index (χ1v) is 8.82. The standard InChI is InChI=1S/C20H24N4O/c1-2-3-7-16-10-11-17-18(14-16)23-19(22-17)24-20(25)21-13-12-15-8-5-4-6-9-15/h4-6,8-11,14H,2-3,7,12-13H2,1H3,(H3,21,22,23,24,25). The summed E-state index contributed by atoms with van der Waals surface area (Å²) in [4.78, 5) is 19.6. The lowest BCUT2D eigenvalue weighted by molar-refractivity contribution is 0.252. The highest BCUT2D eigenvalue weighted by molar-refractivity contribution is 5.89. The molecule has 5 heteroatoms. The largest absolute Gasteiger partial charge is 0.337 e. The molecule has 2 aromatic carbocycles. The van der Waals surface area contributed by atoms with Gasteiger partial charge in [-0.2, -0.15) is 0 Å². The molecule has 3 aromatic rings. The number of hydrogen-bond acceptors (Lipinski definition) is 2. The lowest BCUT2D eigenvalue weighted by Crippen LogP contribution is -2.30. The summed E-state index contributed by atoms with van der Waals surface area (Å²) in [5.74, 6) is 0.472. The van der Waals surface area contributed by atoms with Gasteiger partial charge in [0.2, 0.25) is 5.95 Å². The van der Waals surface area contributed by atoms with Gasteiger partial charge in [0, 0.05) is 6.54 Å². The van der Waals surface area contributed by atoms with Crippen LogP contribution in [0.25, 0.3) is 11.0 Å². The van der Waals surface area contributed by atoms with Crippen LogP contribution < -0.4 is 10.6 Å². The predicted molar refractivity (Wildman–Crippen MR) is 102 cm³/mol. The van der Waals surface area contributed by atoms with Gasteiger partial charge in [-0.25, -0.2) is 9.78 Å². The summed E-state index contributed by atoms with van der Waals surface area (Å²) in [7, 11) is 0. The van der Waals surface area contributed by atoms with Crippen LogP contribution in [0.1, 0.15) is 30.9 Å². The number of aromatic amines is 1. The van der Waals surface area contributed by atoms with Gasteiger partial charge in [0.1, 0.15) is 0 Å². The van der Waals surface area contributed by atoms with Crippen molar-refractivity contribution < 1.29 is 4.79 Å². The number of hydrogen-bond donors (Lipinski definition) is 3. The average molecular weight is 336 g/mol. The molecule has 0 aliphatic rings. The van der Waals surface area contributed by atoms with Gasteiger partial charge in [0.15, 0.2) is 0 Å². The fraction of sp³-hybridized carbons (Fsp3) is 0.300. The number of carbonyl (C=O) groups is 1. The number of aryl methyl sites for hydroxylation is 1. The third-order valence-corrected chi connectivity index (χ3v) is 4.14. The van der Waals surface area contributed by atoms with E-state index in [9.17, 15) is 4.79 Å². The molecule has 25 heavy (non-hydrogen) atoms. The van der Waals surface area contributed by atoms with E-state index in [0.717, 1.165) is 23.9 Å². The van der Waals surface area contributed by atoms with Crippen LogP contribution in [0.2, 0.25) is 0 Å². The van der Waals surface area contributed by atoms with Gasteiger partial charge < -0.3 is 10.3 Å². The maximum absolute atomic E-state index is 12.0. The van der Waals surface area contributed by atoms with Crippen LogP contribution in [-0.2, 0) is 12.8 Å². The average Bonchev–Trinajstić information content (AvgIpc) is 3.02. The smallest absolute Gasteiger partial charge is 0.321 e. The Morgan fingerprint density at radius 1 is 1.08 bits per heavy atom. The zero-order valence-electron chi connectivity index (χ0n) is 14.5. The highest BCUT2D eigenvalue weighted by Gasteiger charge is 2.07. The van der Waals surface area contributed by atoms with Crippen molar-refractivity contribution >= 4 is 23.0 Å². The third-order valence-electron chi connectivity index (χ3n) is 4.14. The first-order valence-electron chi connectivity index (χ1n) is 8.82. The highest BCUT2D eigenvalue weighted by Crippen LogP contribution is 2.17. The molecule has 0 spiro atoms. The number of unbranched alkanes of at least 4 members (excludes halogenated alkanes) is 1. The fourth-order valence-corrected chi connectivity index (χ4v) is 2.77. The molecule has 130 valence electrons. The maximum Gasteiger partial charge on any atom is 0.321 e. The van der Waals surface area contributed by atoms with E-state index in [-0.39, 0.29) is 6.03 Å². The molecular weight excluding hydrogens is 312 g/mol. The predicted octanol–water partition coefficient (Wildman–Crippen LogP) is 4.27. The Morgan fingerprint density at radius 3 is 2.72 bits per heavy atom. The molecule has 0 radical (unpaired) electrons. The summed E-state index contributed by atoms with van der Waals surface area (Å²) in [6, 6.07) is 16.0. The van der Waals surface area contributed by atoms with Gasteiger partial charge >= 0.3 is 6.03 Å². The minimum absolute atomic E-state index is 0.249. The molecule has 3 N–H and O–H groups in total. The topological polar surface area (TPSA) is 69.8 Å². The summed E-state index contributed by atoms with van der Waals surface area (Å²) in [6.07, 6.45) is 4.22. The normalized spacial score (nSPS) is 10.8. The van der Waals surface area contributed by atoms with Gasteiger partial charge in [0.05, 0.1) is 11.0 Å².